The van der Waals surface area contributed by atoms with Gasteiger partial charge in [-0.2, -0.15) is 0 Å². The van der Waals surface area contributed by atoms with Crippen molar-refractivity contribution in [2.24, 2.45) is 0 Å². The summed E-state index contributed by atoms with van der Waals surface area (Å²) in [4.78, 5) is 15.3. The Morgan fingerprint density at radius 2 is 1.94 bits per heavy atom. The quantitative estimate of drug-likeness (QED) is 0.767. The predicted molar refractivity (Wildman–Crippen MR) is 71.8 cm³/mol. The fourth-order valence-corrected chi connectivity index (χ4v) is 1.92. The summed E-state index contributed by atoms with van der Waals surface area (Å²) in [6.07, 6.45) is 4.87. The molecular weight excluding hydrogens is 248 g/mol. The second-order valence-corrected chi connectivity index (χ2v) is 4.13. The van der Waals surface area contributed by atoms with Crippen LogP contribution in [-0.4, -0.2) is 19.9 Å². The Bertz CT molecular complexity index is 703. The average molecular weight is 257 g/mol. The second kappa shape index (κ2) is 4.58. The molecule has 0 spiro atoms. The summed E-state index contributed by atoms with van der Waals surface area (Å²) in [6.45, 7) is 0. The van der Waals surface area contributed by atoms with E-state index in [1.54, 1.807) is 12.4 Å². The molecule has 0 atom stereocenters. The fraction of sp³-hybridized carbons (Fsp3) is 0. The molecule has 1 aromatic carbocycles. The molecular formula is C13H9ClN4. The monoisotopic (exact) mass is 256 g/mol. The Kier molecular flexibility index (Phi) is 2.78. The van der Waals surface area contributed by atoms with Crippen molar-refractivity contribution in [3.05, 3.63) is 54.2 Å². The van der Waals surface area contributed by atoms with Gasteiger partial charge < -0.3 is 4.98 Å². The molecule has 0 saturated carbocycles. The molecule has 2 heterocycles. The van der Waals surface area contributed by atoms with Crippen LogP contribution in [0, 0.1) is 0 Å². The van der Waals surface area contributed by atoms with E-state index in [-0.39, 0.29) is 0 Å². The zero-order valence-electron chi connectivity index (χ0n) is 9.34. The third kappa shape index (κ3) is 1.98. The van der Waals surface area contributed by atoms with Gasteiger partial charge in [-0.15, -0.1) is 0 Å². The predicted octanol–water partition coefficient (Wildman–Crippen LogP) is 3.09. The SMILES string of the molecule is Cl/C(=C\c1ncnc2nc[nH]c12)c1ccccc1. The zero-order chi connectivity index (χ0) is 12.4. The summed E-state index contributed by atoms with van der Waals surface area (Å²) in [7, 11) is 0. The standard InChI is InChI=1S/C13H9ClN4/c14-10(9-4-2-1-3-5-9)6-11-12-13(17-7-15-11)18-8-16-12/h1-8H,(H,15,16,17,18)/b10-6-. The number of aromatic amines is 1. The number of hydrogen-bond acceptors (Lipinski definition) is 3. The third-order valence-corrected chi connectivity index (χ3v) is 2.89. The molecule has 88 valence electrons. The largest absolute Gasteiger partial charge is 0.341 e. The van der Waals surface area contributed by atoms with Crippen LogP contribution in [0.1, 0.15) is 11.3 Å². The molecule has 0 aliphatic rings. The number of imidazole rings is 1. The number of hydrogen-bond donors (Lipinski definition) is 1. The highest BCUT2D eigenvalue weighted by atomic mass is 35.5. The van der Waals surface area contributed by atoms with Crippen molar-refractivity contribution in [2.75, 3.05) is 0 Å². The van der Waals surface area contributed by atoms with Crippen LogP contribution in [0.4, 0.5) is 0 Å². The van der Waals surface area contributed by atoms with Gasteiger partial charge in [0.15, 0.2) is 5.65 Å². The number of halogens is 1. The summed E-state index contributed by atoms with van der Waals surface area (Å²) in [5.41, 5.74) is 3.09. The highest BCUT2D eigenvalue weighted by Crippen LogP contribution is 2.22. The molecule has 0 amide bonds. The number of fused-ring (bicyclic) bond motifs is 1. The summed E-state index contributed by atoms with van der Waals surface area (Å²) < 4.78 is 0. The van der Waals surface area contributed by atoms with Crippen LogP contribution in [0.15, 0.2) is 43.0 Å². The van der Waals surface area contributed by atoms with Crippen LogP contribution in [-0.2, 0) is 0 Å². The van der Waals surface area contributed by atoms with E-state index in [4.69, 9.17) is 11.6 Å². The van der Waals surface area contributed by atoms with Crippen molar-refractivity contribution in [3.8, 4) is 0 Å². The Morgan fingerprint density at radius 3 is 2.78 bits per heavy atom. The lowest BCUT2D eigenvalue weighted by Crippen LogP contribution is -1.87. The van der Waals surface area contributed by atoms with Gasteiger partial charge in [0.2, 0.25) is 0 Å². The van der Waals surface area contributed by atoms with Crippen molar-refractivity contribution in [1.29, 1.82) is 0 Å². The summed E-state index contributed by atoms with van der Waals surface area (Å²) in [5, 5.41) is 0.630. The van der Waals surface area contributed by atoms with Crippen LogP contribution in [0.5, 0.6) is 0 Å². The maximum absolute atomic E-state index is 6.27. The van der Waals surface area contributed by atoms with Crippen LogP contribution < -0.4 is 0 Å². The van der Waals surface area contributed by atoms with Crippen molar-refractivity contribution >= 4 is 33.9 Å². The summed E-state index contributed by atoms with van der Waals surface area (Å²) in [6, 6.07) is 9.73. The first-order valence-electron chi connectivity index (χ1n) is 5.41. The molecule has 0 radical (unpaired) electrons. The minimum absolute atomic E-state index is 0.630. The Morgan fingerprint density at radius 1 is 1.11 bits per heavy atom. The first-order valence-corrected chi connectivity index (χ1v) is 5.79. The molecule has 0 unspecified atom stereocenters. The van der Waals surface area contributed by atoms with Gasteiger partial charge in [0.05, 0.1) is 17.1 Å². The molecule has 3 rings (SSSR count). The first-order chi connectivity index (χ1) is 8.84. The van der Waals surface area contributed by atoms with Gasteiger partial charge in [0.1, 0.15) is 11.8 Å². The smallest absolute Gasteiger partial charge is 0.181 e. The van der Waals surface area contributed by atoms with Crippen LogP contribution in [0.3, 0.4) is 0 Å². The van der Waals surface area contributed by atoms with Crippen molar-refractivity contribution in [1.82, 2.24) is 19.9 Å². The molecule has 0 aliphatic carbocycles. The third-order valence-electron chi connectivity index (χ3n) is 2.57. The Balaban J connectivity index is 2.08. The van der Waals surface area contributed by atoms with E-state index >= 15 is 0 Å². The molecule has 0 saturated heterocycles. The van der Waals surface area contributed by atoms with E-state index in [1.165, 1.54) is 6.33 Å². The minimum Gasteiger partial charge on any atom is -0.341 e. The lowest BCUT2D eigenvalue weighted by Gasteiger charge is -1.99. The normalized spacial score (nSPS) is 11.9. The van der Waals surface area contributed by atoms with Crippen LogP contribution in [0.25, 0.3) is 22.3 Å². The van der Waals surface area contributed by atoms with Gasteiger partial charge in [-0.05, 0) is 11.6 Å². The lowest BCUT2D eigenvalue weighted by molar-refractivity contribution is 1.18. The highest BCUT2D eigenvalue weighted by Gasteiger charge is 2.05. The van der Waals surface area contributed by atoms with E-state index in [0.717, 1.165) is 16.8 Å². The topological polar surface area (TPSA) is 54.5 Å². The van der Waals surface area contributed by atoms with E-state index in [0.29, 0.717) is 10.7 Å². The molecule has 18 heavy (non-hydrogen) atoms. The number of nitrogens with zero attached hydrogens (tertiary/aromatic N) is 3. The second-order valence-electron chi connectivity index (χ2n) is 3.72. The van der Waals surface area contributed by atoms with Gasteiger partial charge in [0, 0.05) is 0 Å². The van der Waals surface area contributed by atoms with Gasteiger partial charge in [-0.1, -0.05) is 41.9 Å². The molecule has 4 nitrogen and oxygen atoms in total. The van der Waals surface area contributed by atoms with Crippen molar-refractivity contribution in [3.63, 3.8) is 0 Å². The number of aromatic nitrogens is 4. The van der Waals surface area contributed by atoms with E-state index in [9.17, 15) is 0 Å². The highest BCUT2D eigenvalue weighted by molar-refractivity contribution is 6.51. The maximum atomic E-state index is 6.27. The summed E-state index contributed by atoms with van der Waals surface area (Å²) >= 11 is 6.27. The number of nitrogens with one attached hydrogen (secondary N) is 1. The number of benzene rings is 1. The minimum atomic E-state index is 0.630. The van der Waals surface area contributed by atoms with E-state index in [1.807, 2.05) is 30.3 Å². The molecule has 2 aromatic heterocycles. The summed E-state index contributed by atoms with van der Waals surface area (Å²) in [5.74, 6) is 0. The van der Waals surface area contributed by atoms with Gasteiger partial charge in [-0.3, -0.25) is 0 Å². The van der Waals surface area contributed by atoms with Gasteiger partial charge in [0.25, 0.3) is 0 Å². The zero-order valence-corrected chi connectivity index (χ0v) is 10.1. The van der Waals surface area contributed by atoms with Crippen molar-refractivity contribution < 1.29 is 0 Å². The number of rotatable bonds is 2. The van der Waals surface area contributed by atoms with Crippen LogP contribution in [0.2, 0.25) is 0 Å². The van der Waals surface area contributed by atoms with Crippen molar-refractivity contribution in [2.45, 2.75) is 0 Å². The molecule has 0 aliphatic heterocycles. The van der Waals surface area contributed by atoms with Crippen LogP contribution >= 0.6 is 11.6 Å². The lowest BCUT2D eigenvalue weighted by atomic mass is 10.2. The van der Waals surface area contributed by atoms with E-state index < -0.39 is 0 Å². The number of H-pyrrole nitrogens is 1. The maximum Gasteiger partial charge on any atom is 0.181 e. The molecule has 0 bridgehead atoms. The first kappa shape index (κ1) is 10.9. The van der Waals surface area contributed by atoms with Gasteiger partial charge in [-0.25, -0.2) is 15.0 Å². The van der Waals surface area contributed by atoms with E-state index in [2.05, 4.69) is 19.9 Å². The molecule has 1 N–H and O–H groups in total. The Hall–Kier alpha value is -2.20. The average Bonchev–Trinajstić information content (AvgIpc) is 2.89. The molecule has 3 aromatic rings. The Labute approximate surface area is 108 Å². The fourth-order valence-electron chi connectivity index (χ4n) is 1.69. The van der Waals surface area contributed by atoms with Gasteiger partial charge >= 0.3 is 0 Å². The molecule has 5 heteroatoms. The molecule has 0 fully saturated rings.